The Kier molecular flexibility index (Phi) is 4.10. The van der Waals surface area contributed by atoms with Gasteiger partial charge in [-0.1, -0.05) is 23.4 Å². The molecular weight excluding hydrogens is 240 g/mol. The van der Waals surface area contributed by atoms with Crippen molar-refractivity contribution in [1.82, 2.24) is 0 Å². The van der Waals surface area contributed by atoms with Gasteiger partial charge < -0.3 is 14.8 Å². The summed E-state index contributed by atoms with van der Waals surface area (Å²) in [6.45, 7) is 8.61. The predicted octanol–water partition coefficient (Wildman–Crippen LogP) is 2.89. The van der Waals surface area contributed by atoms with Crippen LogP contribution < -0.4 is 4.90 Å². The van der Waals surface area contributed by atoms with E-state index in [4.69, 9.17) is 9.94 Å². The zero-order chi connectivity index (χ0) is 13.9. The van der Waals surface area contributed by atoms with Gasteiger partial charge in [-0.2, -0.15) is 0 Å². The van der Waals surface area contributed by atoms with E-state index in [0.29, 0.717) is 6.61 Å². The molecule has 1 aromatic rings. The number of rotatable bonds is 3. The molecule has 104 valence electrons. The molecule has 1 N–H and O–H groups in total. The maximum Gasteiger partial charge on any atom is 0.0906 e. The van der Waals surface area contributed by atoms with Gasteiger partial charge in [-0.05, 0) is 26.8 Å². The minimum Gasteiger partial charge on any atom is -0.411 e. The average Bonchev–Trinajstić information content (AvgIpc) is 2.37. The van der Waals surface area contributed by atoms with Crippen LogP contribution in [0.4, 0.5) is 5.69 Å². The highest BCUT2D eigenvalue weighted by Crippen LogP contribution is 2.27. The number of nitrogens with zero attached hydrogens (tertiary/aromatic N) is 2. The van der Waals surface area contributed by atoms with Gasteiger partial charge in [0.25, 0.3) is 0 Å². The van der Waals surface area contributed by atoms with E-state index in [1.165, 1.54) is 0 Å². The van der Waals surface area contributed by atoms with Crippen molar-refractivity contribution in [2.45, 2.75) is 32.8 Å². The summed E-state index contributed by atoms with van der Waals surface area (Å²) >= 11 is 0. The van der Waals surface area contributed by atoms with Crippen molar-refractivity contribution in [1.29, 1.82) is 0 Å². The van der Waals surface area contributed by atoms with Gasteiger partial charge in [-0.25, -0.2) is 0 Å². The highest BCUT2D eigenvalue weighted by molar-refractivity contribution is 6.06. The Balaban J connectivity index is 2.08. The molecule has 0 radical (unpaired) electrons. The molecule has 4 heteroatoms. The molecule has 1 aliphatic rings. The summed E-state index contributed by atoms with van der Waals surface area (Å²) in [4.78, 5) is 2.29. The average molecular weight is 262 g/mol. The number of para-hydroxylation sites is 1. The molecule has 1 heterocycles. The van der Waals surface area contributed by atoms with Crippen molar-refractivity contribution in [3.63, 3.8) is 0 Å². The Morgan fingerprint density at radius 1 is 1.32 bits per heavy atom. The number of fused-ring (bicyclic) bond motifs is 1. The largest absolute Gasteiger partial charge is 0.411 e. The van der Waals surface area contributed by atoms with Crippen molar-refractivity contribution < 1.29 is 9.94 Å². The second-order valence-electron chi connectivity index (χ2n) is 5.76. The number of anilines is 1. The first-order chi connectivity index (χ1) is 9.01. The third-order valence-electron chi connectivity index (χ3n) is 3.19. The monoisotopic (exact) mass is 262 g/mol. The maximum atomic E-state index is 9.05. The standard InChI is InChI=1S/C15H22N2O2/c1-15(2,3)19-11-10-17-9-8-13(16-18)12-6-4-5-7-14(12)17/h4-7,18H,8-11H2,1-3H3/b16-13-. The maximum absolute atomic E-state index is 9.05. The zero-order valence-electron chi connectivity index (χ0n) is 11.9. The van der Waals surface area contributed by atoms with Gasteiger partial charge in [-0.15, -0.1) is 0 Å². The molecule has 1 aromatic carbocycles. The molecule has 4 nitrogen and oxygen atoms in total. The summed E-state index contributed by atoms with van der Waals surface area (Å²) in [7, 11) is 0. The van der Waals surface area contributed by atoms with Crippen molar-refractivity contribution in [2.75, 3.05) is 24.6 Å². The first-order valence-corrected chi connectivity index (χ1v) is 6.70. The van der Waals surface area contributed by atoms with E-state index in [0.717, 1.165) is 36.5 Å². The summed E-state index contributed by atoms with van der Waals surface area (Å²) in [6.07, 6.45) is 0.767. The van der Waals surface area contributed by atoms with Gasteiger partial charge in [-0.3, -0.25) is 0 Å². The fourth-order valence-corrected chi connectivity index (χ4v) is 2.29. The van der Waals surface area contributed by atoms with Crippen LogP contribution >= 0.6 is 0 Å². The molecule has 0 saturated heterocycles. The lowest BCUT2D eigenvalue weighted by Gasteiger charge is -2.32. The minimum absolute atomic E-state index is 0.104. The summed E-state index contributed by atoms with van der Waals surface area (Å²) in [5.74, 6) is 0. The van der Waals surface area contributed by atoms with Crippen molar-refractivity contribution >= 4 is 11.4 Å². The van der Waals surface area contributed by atoms with Gasteiger partial charge in [0, 0.05) is 30.8 Å². The van der Waals surface area contributed by atoms with E-state index < -0.39 is 0 Å². The van der Waals surface area contributed by atoms with E-state index in [1.807, 2.05) is 18.2 Å². The second kappa shape index (κ2) is 5.61. The molecule has 0 aliphatic carbocycles. The first-order valence-electron chi connectivity index (χ1n) is 6.70. The van der Waals surface area contributed by atoms with Crippen LogP contribution in [0.2, 0.25) is 0 Å². The molecule has 2 rings (SSSR count). The lowest BCUT2D eigenvalue weighted by molar-refractivity contribution is 0.00136. The van der Waals surface area contributed by atoms with Crippen LogP contribution in [0.1, 0.15) is 32.8 Å². The molecule has 19 heavy (non-hydrogen) atoms. The van der Waals surface area contributed by atoms with Crippen LogP contribution in [0.3, 0.4) is 0 Å². The summed E-state index contributed by atoms with van der Waals surface area (Å²) in [5.41, 5.74) is 2.81. The zero-order valence-corrected chi connectivity index (χ0v) is 11.9. The number of hydrogen-bond donors (Lipinski definition) is 1. The SMILES string of the molecule is CC(C)(C)OCCN1CC/C(=N/O)c2ccccc21. The molecule has 0 fully saturated rings. The van der Waals surface area contributed by atoms with Crippen molar-refractivity contribution in [2.24, 2.45) is 5.16 Å². The van der Waals surface area contributed by atoms with Gasteiger partial charge in [0.15, 0.2) is 0 Å². The number of hydrogen-bond acceptors (Lipinski definition) is 4. The first kappa shape index (κ1) is 13.9. The molecular formula is C15H22N2O2. The Hall–Kier alpha value is -1.55. The van der Waals surface area contributed by atoms with Crippen LogP contribution in [0.25, 0.3) is 0 Å². The Morgan fingerprint density at radius 3 is 2.74 bits per heavy atom. The van der Waals surface area contributed by atoms with E-state index in [9.17, 15) is 0 Å². The lowest BCUT2D eigenvalue weighted by Crippen LogP contribution is -2.36. The van der Waals surface area contributed by atoms with Gasteiger partial charge in [0.05, 0.1) is 17.9 Å². The molecule has 0 amide bonds. The summed E-state index contributed by atoms with van der Waals surface area (Å²) < 4.78 is 5.78. The molecule has 0 spiro atoms. The van der Waals surface area contributed by atoms with E-state index >= 15 is 0 Å². The fourth-order valence-electron chi connectivity index (χ4n) is 2.29. The fraction of sp³-hybridized carbons (Fsp3) is 0.533. The summed E-state index contributed by atoms with van der Waals surface area (Å²) in [5, 5.41) is 12.5. The third-order valence-corrected chi connectivity index (χ3v) is 3.19. The van der Waals surface area contributed by atoms with Crippen LogP contribution in [-0.2, 0) is 4.74 Å². The van der Waals surface area contributed by atoms with Crippen LogP contribution in [0.5, 0.6) is 0 Å². The van der Waals surface area contributed by atoms with E-state index in [-0.39, 0.29) is 5.60 Å². The van der Waals surface area contributed by atoms with Gasteiger partial charge in [0.1, 0.15) is 0 Å². The van der Waals surface area contributed by atoms with Crippen LogP contribution in [0.15, 0.2) is 29.4 Å². The molecule has 0 aromatic heterocycles. The number of ether oxygens (including phenoxy) is 1. The number of benzene rings is 1. The molecule has 0 atom stereocenters. The minimum atomic E-state index is -0.104. The highest BCUT2D eigenvalue weighted by Gasteiger charge is 2.21. The molecule has 0 bridgehead atoms. The summed E-state index contributed by atoms with van der Waals surface area (Å²) in [6, 6.07) is 8.05. The van der Waals surface area contributed by atoms with Gasteiger partial charge >= 0.3 is 0 Å². The second-order valence-corrected chi connectivity index (χ2v) is 5.76. The highest BCUT2D eigenvalue weighted by atomic mass is 16.5. The molecule has 1 aliphatic heterocycles. The molecule has 0 saturated carbocycles. The van der Waals surface area contributed by atoms with Crippen molar-refractivity contribution in [3.05, 3.63) is 29.8 Å². The normalized spacial score (nSPS) is 17.6. The number of oxime groups is 1. The smallest absolute Gasteiger partial charge is 0.0906 e. The topological polar surface area (TPSA) is 45.1 Å². The van der Waals surface area contributed by atoms with E-state index in [1.54, 1.807) is 0 Å². The van der Waals surface area contributed by atoms with E-state index in [2.05, 4.69) is 36.9 Å². The van der Waals surface area contributed by atoms with Gasteiger partial charge in [0.2, 0.25) is 0 Å². The molecule has 0 unspecified atom stereocenters. The van der Waals surface area contributed by atoms with Crippen LogP contribution in [0, 0.1) is 0 Å². The third kappa shape index (κ3) is 3.47. The van der Waals surface area contributed by atoms with Crippen LogP contribution in [-0.4, -0.2) is 36.2 Å². The predicted molar refractivity (Wildman–Crippen MR) is 77.3 cm³/mol. The Morgan fingerprint density at radius 2 is 2.05 bits per heavy atom. The Labute approximate surface area is 114 Å². The van der Waals surface area contributed by atoms with Crippen molar-refractivity contribution in [3.8, 4) is 0 Å². The quantitative estimate of drug-likeness (QED) is 0.673. The Bertz CT molecular complexity index is 463. The lowest BCUT2D eigenvalue weighted by atomic mass is 10.00.